The number of pyridine rings is 1. The fourth-order valence-electron chi connectivity index (χ4n) is 2.06. The summed E-state index contributed by atoms with van der Waals surface area (Å²) >= 11 is 3.13. The van der Waals surface area contributed by atoms with Gasteiger partial charge in [-0.15, -0.1) is 0 Å². The van der Waals surface area contributed by atoms with Crippen molar-refractivity contribution in [2.24, 2.45) is 5.73 Å². The molecule has 1 amide bonds. The summed E-state index contributed by atoms with van der Waals surface area (Å²) in [6.07, 6.45) is 4.20. The van der Waals surface area contributed by atoms with Crippen molar-refractivity contribution in [2.75, 3.05) is 5.32 Å². The highest BCUT2D eigenvalue weighted by atomic mass is 79.9. The van der Waals surface area contributed by atoms with Gasteiger partial charge in [0.15, 0.2) is 11.5 Å². The zero-order chi connectivity index (χ0) is 15.9. The first-order valence-corrected chi connectivity index (χ1v) is 6.93. The summed E-state index contributed by atoms with van der Waals surface area (Å²) < 4.78 is 30.3. The molecule has 0 spiro atoms. The van der Waals surface area contributed by atoms with E-state index in [1.165, 1.54) is 35.1 Å². The minimum Gasteiger partial charge on any atom is -0.365 e. The second kappa shape index (κ2) is 5.38. The van der Waals surface area contributed by atoms with Gasteiger partial charge in [0.1, 0.15) is 5.82 Å². The van der Waals surface area contributed by atoms with E-state index in [0.717, 1.165) is 0 Å². The van der Waals surface area contributed by atoms with Crippen molar-refractivity contribution in [1.29, 1.82) is 0 Å². The van der Waals surface area contributed by atoms with Crippen molar-refractivity contribution < 1.29 is 13.6 Å². The topological polar surface area (TPSA) is 72.4 Å². The molecule has 0 saturated heterocycles. The summed E-state index contributed by atoms with van der Waals surface area (Å²) in [6.45, 7) is 0. The maximum Gasteiger partial charge on any atom is 0.252 e. The molecule has 0 radical (unpaired) electrons. The van der Waals surface area contributed by atoms with Crippen molar-refractivity contribution >= 4 is 38.9 Å². The van der Waals surface area contributed by atoms with Crippen LogP contribution in [0.4, 0.5) is 20.2 Å². The number of nitrogens with one attached hydrogen (secondary N) is 1. The first-order valence-electron chi connectivity index (χ1n) is 6.14. The van der Waals surface area contributed by atoms with Gasteiger partial charge >= 0.3 is 0 Å². The van der Waals surface area contributed by atoms with Gasteiger partial charge in [0.25, 0.3) is 5.91 Å². The van der Waals surface area contributed by atoms with Crippen LogP contribution in [0.5, 0.6) is 0 Å². The number of anilines is 2. The van der Waals surface area contributed by atoms with Crippen LogP contribution in [0.1, 0.15) is 10.4 Å². The zero-order valence-electron chi connectivity index (χ0n) is 11.0. The van der Waals surface area contributed by atoms with Gasteiger partial charge in [0, 0.05) is 23.1 Å². The molecule has 3 N–H and O–H groups in total. The Balaban J connectivity index is 2.18. The second-order valence-corrected chi connectivity index (χ2v) is 5.42. The van der Waals surface area contributed by atoms with Gasteiger partial charge in [-0.05, 0) is 18.2 Å². The van der Waals surface area contributed by atoms with Gasteiger partial charge in [-0.3, -0.25) is 4.79 Å². The molecule has 3 aromatic rings. The van der Waals surface area contributed by atoms with Gasteiger partial charge in [-0.1, -0.05) is 15.9 Å². The second-order valence-electron chi connectivity index (χ2n) is 4.50. The molecule has 3 rings (SSSR count). The molecule has 1 aromatic carbocycles. The van der Waals surface area contributed by atoms with Crippen molar-refractivity contribution in [3.05, 3.63) is 58.5 Å². The molecule has 0 aliphatic heterocycles. The molecular weight excluding hydrogens is 358 g/mol. The van der Waals surface area contributed by atoms with Crippen LogP contribution in [0, 0.1) is 11.6 Å². The van der Waals surface area contributed by atoms with Gasteiger partial charge in [-0.2, -0.15) is 0 Å². The smallest absolute Gasteiger partial charge is 0.252 e. The highest BCUT2D eigenvalue weighted by Crippen LogP contribution is 2.29. The average Bonchev–Trinajstić information content (AvgIpc) is 2.92. The van der Waals surface area contributed by atoms with E-state index in [4.69, 9.17) is 5.73 Å². The molecule has 2 aromatic heterocycles. The predicted molar refractivity (Wildman–Crippen MR) is 81.1 cm³/mol. The standard InChI is InChI=1S/C14H9BrF2N4O/c15-7-1-2-10(9(16)5-7)20-12-8(13(18)22)6-21-4-3-19-14(21)11(12)17/h1-6,20H,(H2,18,22). The molecule has 8 heteroatoms. The normalized spacial score (nSPS) is 10.9. The van der Waals surface area contributed by atoms with Crippen LogP contribution in [0.25, 0.3) is 5.65 Å². The van der Waals surface area contributed by atoms with E-state index in [1.54, 1.807) is 6.07 Å². The molecule has 0 unspecified atom stereocenters. The van der Waals surface area contributed by atoms with E-state index in [0.29, 0.717) is 4.47 Å². The Labute approximate surface area is 131 Å². The summed E-state index contributed by atoms with van der Waals surface area (Å²) in [5.74, 6) is -2.23. The van der Waals surface area contributed by atoms with Crippen LogP contribution in [-0.2, 0) is 0 Å². The molecule has 0 aliphatic rings. The van der Waals surface area contributed by atoms with Crippen molar-refractivity contribution in [1.82, 2.24) is 9.38 Å². The maximum absolute atomic E-state index is 14.5. The summed E-state index contributed by atoms with van der Waals surface area (Å²) in [5.41, 5.74) is 4.98. The zero-order valence-corrected chi connectivity index (χ0v) is 12.6. The summed E-state index contributed by atoms with van der Waals surface area (Å²) in [6, 6.07) is 4.22. The SMILES string of the molecule is NC(=O)c1cn2ccnc2c(F)c1Nc1ccc(Br)cc1F. The number of rotatable bonds is 3. The van der Waals surface area contributed by atoms with Gasteiger partial charge in [0.05, 0.1) is 16.9 Å². The number of hydrogen-bond donors (Lipinski definition) is 2. The Morgan fingerprint density at radius 1 is 1.36 bits per heavy atom. The highest BCUT2D eigenvalue weighted by molar-refractivity contribution is 9.10. The Kier molecular flexibility index (Phi) is 3.53. The van der Waals surface area contributed by atoms with Crippen LogP contribution in [0.3, 0.4) is 0 Å². The maximum atomic E-state index is 14.5. The third-order valence-corrected chi connectivity index (χ3v) is 3.57. The van der Waals surface area contributed by atoms with Crippen LogP contribution >= 0.6 is 15.9 Å². The number of hydrogen-bond acceptors (Lipinski definition) is 3. The van der Waals surface area contributed by atoms with Gasteiger partial charge in [-0.25, -0.2) is 13.8 Å². The molecule has 0 saturated carbocycles. The molecule has 5 nitrogen and oxygen atoms in total. The quantitative estimate of drug-likeness (QED) is 0.747. The first kappa shape index (κ1) is 14.5. The Morgan fingerprint density at radius 3 is 2.82 bits per heavy atom. The minimum atomic E-state index is -0.838. The number of primary amides is 1. The number of halogens is 3. The molecule has 0 bridgehead atoms. The van der Waals surface area contributed by atoms with E-state index in [1.807, 2.05) is 0 Å². The largest absolute Gasteiger partial charge is 0.365 e. The summed E-state index contributed by atoms with van der Waals surface area (Å²) in [5, 5.41) is 2.57. The van der Waals surface area contributed by atoms with E-state index < -0.39 is 17.5 Å². The monoisotopic (exact) mass is 366 g/mol. The summed E-state index contributed by atoms with van der Waals surface area (Å²) in [4.78, 5) is 15.4. The predicted octanol–water partition coefficient (Wildman–Crippen LogP) is 3.22. The van der Waals surface area contributed by atoms with Crippen LogP contribution in [0.15, 0.2) is 41.3 Å². The van der Waals surface area contributed by atoms with E-state index in [-0.39, 0.29) is 22.6 Å². The van der Waals surface area contributed by atoms with Crippen LogP contribution in [0.2, 0.25) is 0 Å². The molecule has 22 heavy (non-hydrogen) atoms. The number of benzene rings is 1. The van der Waals surface area contributed by atoms with E-state index in [9.17, 15) is 13.6 Å². The van der Waals surface area contributed by atoms with E-state index in [2.05, 4.69) is 26.2 Å². The first-order chi connectivity index (χ1) is 10.5. The van der Waals surface area contributed by atoms with E-state index >= 15 is 0 Å². The molecule has 112 valence electrons. The van der Waals surface area contributed by atoms with Crippen LogP contribution in [-0.4, -0.2) is 15.3 Å². The lowest BCUT2D eigenvalue weighted by atomic mass is 10.2. The Morgan fingerprint density at radius 2 is 2.14 bits per heavy atom. The van der Waals surface area contributed by atoms with Crippen molar-refractivity contribution in [3.63, 3.8) is 0 Å². The minimum absolute atomic E-state index is 0.00465. The number of nitrogens with zero attached hydrogens (tertiary/aromatic N) is 2. The number of nitrogens with two attached hydrogens (primary N) is 1. The molecular formula is C14H9BrF2N4O. The lowest BCUT2D eigenvalue weighted by Gasteiger charge is -2.13. The number of aromatic nitrogens is 2. The lowest BCUT2D eigenvalue weighted by Crippen LogP contribution is -2.16. The number of carbonyl (C=O) groups excluding carboxylic acids is 1. The summed E-state index contributed by atoms with van der Waals surface area (Å²) in [7, 11) is 0. The van der Waals surface area contributed by atoms with Gasteiger partial charge in [0.2, 0.25) is 0 Å². The number of imidazole rings is 1. The third kappa shape index (κ3) is 2.41. The number of amides is 1. The van der Waals surface area contributed by atoms with Crippen LogP contribution < -0.4 is 11.1 Å². The number of fused-ring (bicyclic) bond motifs is 1. The molecule has 0 fully saturated rings. The van der Waals surface area contributed by atoms with Crippen molar-refractivity contribution in [2.45, 2.75) is 0 Å². The number of carbonyl (C=O) groups is 1. The van der Waals surface area contributed by atoms with Crippen molar-refractivity contribution in [3.8, 4) is 0 Å². The molecule has 0 atom stereocenters. The molecule has 0 aliphatic carbocycles. The average molecular weight is 367 g/mol. The van der Waals surface area contributed by atoms with Gasteiger partial charge < -0.3 is 15.5 Å². The lowest BCUT2D eigenvalue weighted by molar-refractivity contribution is 0.100. The Bertz CT molecular complexity index is 894. The highest BCUT2D eigenvalue weighted by Gasteiger charge is 2.19. The third-order valence-electron chi connectivity index (χ3n) is 3.08. The Hall–Kier alpha value is -2.48. The fourth-order valence-corrected chi connectivity index (χ4v) is 2.39. The fraction of sp³-hybridized carbons (Fsp3) is 0. The molecule has 2 heterocycles.